The smallest absolute Gasteiger partial charge is 0.0792 e. The summed E-state index contributed by atoms with van der Waals surface area (Å²) in [6, 6.07) is 6.17. The first-order valence-electron chi connectivity index (χ1n) is 7.36. The van der Waals surface area contributed by atoms with Crippen LogP contribution >= 0.6 is 0 Å². The number of hydrogen-bond donors (Lipinski definition) is 3. The molecular weight excluding hydrogens is 264 g/mol. The number of fused-ring (bicyclic) bond motifs is 1. The number of rotatable bonds is 6. The molecule has 0 radical (unpaired) electrons. The lowest BCUT2D eigenvalue weighted by molar-refractivity contribution is 0.0566. The van der Waals surface area contributed by atoms with Gasteiger partial charge in [0.2, 0.25) is 0 Å². The van der Waals surface area contributed by atoms with Crippen molar-refractivity contribution >= 4 is 16.6 Å². The van der Waals surface area contributed by atoms with Gasteiger partial charge in [-0.25, -0.2) is 0 Å². The fourth-order valence-electron chi connectivity index (χ4n) is 2.60. The summed E-state index contributed by atoms with van der Waals surface area (Å²) in [5, 5.41) is 23.6. The van der Waals surface area contributed by atoms with Crippen LogP contribution in [0.15, 0.2) is 24.4 Å². The molecule has 114 valence electrons. The van der Waals surface area contributed by atoms with Crippen molar-refractivity contribution in [3.8, 4) is 0 Å². The summed E-state index contributed by atoms with van der Waals surface area (Å²) >= 11 is 0. The second-order valence-electron chi connectivity index (χ2n) is 6.01. The van der Waals surface area contributed by atoms with E-state index in [1.807, 2.05) is 6.07 Å². The van der Waals surface area contributed by atoms with Gasteiger partial charge in [0.05, 0.1) is 11.1 Å². The summed E-state index contributed by atoms with van der Waals surface area (Å²) in [4.78, 5) is 4.44. The van der Waals surface area contributed by atoms with E-state index < -0.39 is 5.60 Å². The van der Waals surface area contributed by atoms with Crippen molar-refractivity contribution in [3.63, 3.8) is 0 Å². The maximum absolute atomic E-state index is 10.3. The minimum absolute atomic E-state index is 0.104. The number of aliphatic hydroxyl groups excluding tert-OH is 1. The average Bonchev–Trinajstić information content (AvgIpc) is 2.43. The van der Waals surface area contributed by atoms with E-state index >= 15 is 0 Å². The number of benzene rings is 1. The predicted molar refractivity (Wildman–Crippen MR) is 86.7 cm³/mol. The molecule has 4 nitrogen and oxygen atoms in total. The van der Waals surface area contributed by atoms with E-state index in [2.05, 4.69) is 36.3 Å². The molecule has 0 aliphatic rings. The molecule has 0 aliphatic carbocycles. The molecule has 1 aromatic carbocycles. The summed E-state index contributed by atoms with van der Waals surface area (Å²) < 4.78 is 0. The highest BCUT2D eigenvalue weighted by Crippen LogP contribution is 2.26. The highest BCUT2D eigenvalue weighted by Gasteiger charge is 2.19. The normalized spacial score (nSPS) is 14.1. The first kappa shape index (κ1) is 15.7. The van der Waals surface area contributed by atoms with Gasteiger partial charge in [-0.1, -0.05) is 11.6 Å². The van der Waals surface area contributed by atoms with Gasteiger partial charge in [-0.2, -0.15) is 0 Å². The fourth-order valence-corrected chi connectivity index (χ4v) is 2.60. The first-order chi connectivity index (χ1) is 9.93. The molecule has 1 aromatic heterocycles. The van der Waals surface area contributed by atoms with E-state index in [0.29, 0.717) is 19.4 Å². The molecule has 0 aliphatic heterocycles. The Morgan fingerprint density at radius 1 is 1.29 bits per heavy atom. The predicted octanol–water partition coefficient (Wildman–Crippen LogP) is 2.79. The molecule has 2 rings (SSSR count). The van der Waals surface area contributed by atoms with Crippen LogP contribution in [0.25, 0.3) is 10.9 Å². The van der Waals surface area contributed by atoms with Crippen molar-refractivity contribution in [2.24, 2.45) is 0 Å². The maximum Gasteiger partial charge on any atom is 0.0792 e. The highest BCUT2D eigenvalue weighted by atomic mass is 16.3. The SMILES string of the molecule is Cc1cc(C)c2nccc(NCC(C)(O)CCCO)c2c1. The van der Waals surface area contributed by atoms with Gasteiger partial charge in [0.25, 0.3) is 0 Å². The van der Waals surface area contributed by atoms with E-state index in [1.165, 1.54) is 5.56 Å². The number of aromatic nitrogens is 1. The summed E-state index contributed by atoms with van der Waals surface area (Å²) in [5.74, 6) is 0. The quantitative estimate of drug-likeness (QED) is 0.764. The van der Waals surface area contributed by atoms with Crippen LogP contribution in [0.5, 0.6) is 0 Å². The maximum atomic E-state index is 10.3. The van der Waals surface area contributed by atoms with Crippen LogP contribution in [0.1, 0.15) is 30.9 Å². The molecule has 4 heteroatoms. The largest absolute Gasteiger partial charge is 0.396 e. The van der Waals surface area contributed by atoms with Gasteiger partial charge in [0, 0.05) is 30.4 Å². The van der Waals surface area contributed by atoms with Crippen LogP contribution < -0.4 is 5.32 Å². The van der Waals surface area contributed by atoms with Crippen LogP contribution in [0, 0.1) is 13.8 Å². The Morgan fingerprint density at radius 2 is 2.05 bits per heavy atom. The monoisotopic (exact) mass is 288 g/mol. The van der Waals surface area contributed by atoms with Gasteiger partial charge in [0.1, 0.15) is 0 Å². The number of pyridine rings is 1. The van der Waals surface area contributed by atoms with Crippen LogP contribution in [-0.2, 0) is 0 Å². The first-order valence-corrected chi connectivity index (χ1v) is 7.36. The van der Waals surface area contributed by atoms with Gasteiger partial charge >= 0.3 is 0 Å². The Balaban J connectivity index is 2.23. The molecule has 1 heterocycles. The molecule has 1 atom stereocenters. The van der Waals surface area contributed by atoms with Gasteiger partial charge in [-0.3, -0.25) is 4.98 Å². The standard InChI is InChI=1S/C17H24N2O2/c1-12-9-13(2)16-14(10-12)15(5-7-18-16)19-11-17(3,21)6-4-8-20/h5,7,9-10,20-21H,4,6,8,11H2,1-3H3,(H,18,19). The molecule has 0 bridgehead atoms. The van der Waals surface area contributed by atoms with Crippen molar-refractivity contribution < 1.29 is 10.2 Å². The van der Waals surface area contributed by atoms with Crippen LogP contribution in [-0.4, -0.2) is 33.9 Å². The Bertz CT molecular complexity index is 623. The molecule has 3 N–H and O–H groups in total. The third kappa shape index (κ3) is 3.93. The Morgan fingerprint density at radius 3 is 2.76 bits per heavy atom. The molecule has 0 spiro atoms. The summed E-state index contributed by atoms with van der Waals surface area (Å²) in [5.41, 5.74) is 3.48. The van der Waals surface area contributed by atoms with Crippen molar-refractivity contribution in [2.75, 3.05) is 18.5 Å². The summed E-state index contributed by atoms with van der Waals surface area (Å²) in [6.45, 7) is 6.46. The van der Waals surface area contributed by atoms with Gasteiger partial charge < -0.3 is 15.5 Å². The number of aryl methyl sites for hydroxylation is 2. The minimum Gasteiger partial charge on any atom is -0.396 e. The molecule has 0 saturated heterocycles. The van der Waals surface area contributed by atoms with Crippen molar-refractivity contribution in [2.45, 2.75) is 39.2 Å². The second-order valence-corrected chi connectivity index (χ2v) is 6.01. The van der Waals surface area contributed by atoms with Gasteiger partial charge in [-0.15, -0.1) is 0 Å². The van der Waals surface area contributed by atoms with Crippen LogP contribution in [0.2, 0.25) is 0 Å². The third-order valence-corrected chi connectivity index (χ3v) is 3.71. The highest BCUT2D eigenvalue weighted by molar-refractivity contribution is 5.93. The molecule has 0 fully saturated rings. The summed E-state index contributed by atoms with van der Waals surface area (Å²) in [7, 11) is 0. The van der Waals surface area contributed by atoms with Gasteiger partial charge in [-0.05, 0) is 51.3 Å². The van der Waals surface area contributed by atoms with Gasteiger partial charge in [0.15, 0.2) is 0 Å². The van der Waals surface area contributed by atoms with Crippen molar-refractivity contribution in [1.29, 1.82) is 0 Å². The van der Waals surface area contributed by atoms with E-state index in [4.69, 9.17) is 5.11 Å². The molecular formula is C17H24N2O2. The lowest BCUT2D eigenvalue weighted by Gasteiger charge is -2.24. The molecule has 1 unspecified atom stereocenters. The van der Waals surface area contributed by atoms with Crippen LogP contribution in [0.4, 0.5) is 5.69 Å². The average molecular weight is 288 g/mol. The molecule has 21 heavy (non-hydrogen) atoms. The second kappa shape index (κ2) is 6.41. The van der Waals surface area contributed by atoms with E-state index in [0.717, 1.165) is 22.2 Å². The summed E-state index contributed by atoms with van der Waals surface area (Å²) in [6.07, 6.45) is 2.96. The number of nitrogens with zero attached hydrogens (tertiary/aromatic N) is 1. The fraction of sp³-hybridized carbons (Fsp3) is 0.471. The Labute approximate surface area is 125 Å². The number of nitrogens with one attached hydrogen (secondary N) is 1. The third-order valence-electron chi connectivity index (χ3n) is 3.71. The van der Waals surface area contributed by atoms with Crippen molar-refractivity contribution in [3.05, 3.63) is 35.5 Å². The van der Waals surface area contributed by atoms with E-state index in [1.54, 1.807) is 13.1 Å². The molecule has 0 saturated carbocycles. The van der Waals surface area contributed by atoms with Crippen molar-refractivity contribution in [1.82, 2.24) is 4.98 Å². The van der Waals surface area contributed by atoms with Crippen LogP contribution in [0.3, 0.4) is 0 Å². The topological polar surface area (TPSA) is 65.4 Å². The minimum atomic E-state index is -0.836. The number of aliphatic hydroxyl groups is 2. The van der Waals surface area contributed by atoms with E-state index in [-0.39, 0.29) is 6.61 Å². The zero-order chi connectivity index (χ0) is 15.5. The number of anilines is 1. The Kier molecular flexibility index (Phi) is 4.80. The lowest BCUT2D eigenvalue weighted by Crippen LogP contribution is -2.33. The lowest BCUT2D eigenvalue weighted by atomic mass is 10.00. The molecule has 2 aromatic rings. The number of hydrogen-bond acceptors (Lipinski definition) is 4. The zero-order valence-electron chi connectivity index (χ0n) is 13.0. The zero-order valence-corrected chi connectivity index (χ0v) is 13.0. The molecule has 0 amide bonds. The Hall–Kier alpha value is -1.65. The van der Waals surface area contributed by atoms with E-state index in [9.17, 15) is 5.11 Å².